The Balaban J connectivity index is 1.71. The fourth-order valence-corrected chi connectivity index (χ4v) is 3.72. The molecule has 0 spiro atoms. The van der Waals surface area contributed by atoms with E-state index < -0.39 is 7.60 Å². The third kappa shape index (κ3) is 5.89. The second kappa shape index (κ2) is 8.76. The molecule has 0 aliphatic carbocycles. The zero-order valence-electron chi connectivity index (χ0n) is 15.5. The average Bonchev–Trinajstić information content (AvgIpc) is 3.01. The van der Waals surface area contributed by atoms with Gasteiger partial charge < -0.3 is 15.1 Å². The molecule has 0 unspecified atom stereocenters. The van der Waals surface area contributed by atoms with E-state index >= 15 is 0 Å². The summed E-state index contributed by atoms with van der Waals surface area (Å²) in [5.74, 6) is -0.339. The third-order valence-corrected chi connectivity index (χ3v) is 5.10. The highest BCUT2D eigenvalue weighted by molar-refractivity contribution is 7.50. The molecule has 1 aromatic heterocycles. The summed E-state index contributed by atoms with van der Waals surface area (Å²) >= 11 is 6.08. The van der Waals surface area contributed by atoms with E-state index in [2.05, 4.69) is 10.4 Å². The molecule has 0 aliphatic heterocycles. The van der Waals surface area contributed by atoms with Gasteiger partial charge in [-0.2, -0.15) is 5.10 Å². The number of anilines is 1. The Hall–Kier alpha value is -2.70. The van der Waals surface area contributed by atoms with Crippen molar-refractivity contribution in [3.8, 4) is 11.3 Å². The van der Waals surface area contributed by atoms with E-state index in [1.165, 1.54) is 6.08 Å². The van der Waals surface area contributed by atoms with Gasteiger partial charge >= 0.3 is 7.60 Å². The van der Waals surface area contributed by atoms with Crippen molar-refractivity contribution in [2.24, 2.45) is 7.05 Å². The molecule has 2 aromatic carbocycles. The van der Waals surface area contributed by atoms with Crippen LogP contribution in [0.4, 0.5) is 5.69 Å². The van der Waals surface area contributed by atoms with Gasteiger partial charge in [0.15, 0.2) is 0 Å². The van der Waals surface area contributed by atoms with Crippen molar-refractivity contribution in [1.82, 2.24) is 9.78 Å². The number of hydrogen-bond acceptors (Lipinski definition) is 3. The average molecular weight is 432 g/mol. The zero-order valence-corrected chi connectivity index (χ0v) is 17.1. The van der Waals surface area contributed by atoms with Gasteiger partial charge in [-0.05, 0) is 35.9 Å². The van der Waals surface area contributed by atoms with Crippen molar-refractivity contribution < 1.29 is 19.1 Å². The van der Waals surface area contributed by atoms with Crippen molar-refractivity contribution in [2.45, 2.75) is 6.16 Å². The van der Waals surface area contributed by atoms with Gasteiger partial charge in [0.05, 0.1) is 18.1 Å². The van der Waals surface area contributed by atoms with Gasteiger partial charge in [0.1, 0.15) is 0 Å². The highest BCUT2D eigenvalue weighted by Crippen LogP contribution is 2.39. The molecule has 3 rings (SSSR count). The maximum atomic E-state index is 12.2. The molecule has 3 N–H and O–H groups in total. The number of aryl methyl sites for hydroxylation is 1. The van der Waals surface area contributed by atoms with Crippen molar-refractivity contribution in [3.05, 3.63) is 77.0 Å². The van der Waals surface area contributed by atoms with Gasteiger partial charge in [-0.1, -0.05) is 35.9 Å². The molecule has 0 fully saturated rings. The predicted octanol–water partition coefficient (Wildman–Crippen LogP) is 4.07. The van der Waals surface area contributed by atoms with E-state index in [0.717, 1.165) is 16.8 Å². The van der Waals surface area contributed by atoms with Gasteiger partial charge in [0.25, 0.3) is 0 Å². The normalized spacial score (nSPS) is 11.7. The molecule has 3 aromatic rings. The second-order valence-corrected chi connectivity index (χ2v) is 8.51. The summed E-state index contributed by atoms with van der Waals surface area (Å²) in [6.07, 6.45) is 4.39. The van der Waals surface area contributed by atoms with Crippen molar-refractivity contribution in [1.29, 1.82) is 0 Å². The van der Waals surface area contributed by atoms with E-state index in [1.54, 1.807) is 47.3 Å². The second-order valence-electron chi connectivity index (χ2n) is 6.42. The van der Waals surface area contributed by atoms with Crippen LogP contribution in [0.3, 0.4) is 0 Å². The van der Waals surface area contributed by atoms with Gasteiger partial charge in [0, 0.05) is 35.0 Å². The van der Waals surface area contributed by atoms with E-state index in [0.29, 0.717) is 16.3 Å². The Bertz CT molecular complexity index is 1100. The van der Waals surface area contributed by atoms with Gasteiger partial charge in [-0.3, -0.25) is 14.0 Å². The smallest absolute Gasteiger partial charge is 0.324 e. The minimum Gasteiger partial charge on any atom is -0.324 e. The summed E-state index contributed by atoms with van der Waals surface area (Å²) in [5, 5.41) is 7.57. The van der Waals surface area contributed by atoms with Crippen LogP contribution >= 0.6 is 19.2 Å². The van der Waals surface area contributed by atoms with Gasteiger partial charge in [-0.25, -0.2) is 0 Å². The van der Waals surface area contributed by atoms with E-state index in [1.807, 2.05) is 25.2 Å². The standard InChI is InChI=1S/C20H19ClN3O4P/c1-24-20(15-3-2-4-17(21)11-15)16(12-22-24)7-10-19(25)23-18-8-5-14(6-9-18)13-29(26,27)28/h2-12H,13H2,1H3,(H,23,25)(H2,26,27,28)/b10-7+. The molecule has 0 atom stereocenters. The van der Waals surface area contributed by atoms with Gasteiger partial charge in [-0.15, -0.1) is 0 Å². The fraction of sp³-hybridized carbons (Fsp3) is 0.100. The lowest BCUT2D eigenvalue weighted by Crippen LogP contribution is -2.07. The van der Waals surface area contributed by atoms with Crippen molar-refractivity contribution >= 4 is 36.9 Å². The summed E-state index contributed by atoms with van der Waals surface area (Å²) < 4.78 is 12.7. The van der Waals surface area contributed by atoms with Crippen LogP contribution in [0, 0.1) is 0 Å². The first-order chi connectivity index (χ1) is 13.7. The lowest BCUT2D eigenvalue weighted by molar-refractivity contribution is -0.111. The Morgan fingerprint density at radius 1 is 1.24 bits per heavy atom. The number of carbonyl (C=O) groups excluding carboxylic acids is 1. The molecule has 0 bridgehead atoms. The molecule has 0 saturated heterocycles. The minimum atomic E-state index is -4.12. The van der Waals surface area contributed by atoms with Crippen LogP contribution in [0.1, 0.15) is 11.1 Å². The Morgan fingerprint density at radius 3 is 2.62 bits per heavy atom. The van der Waals surface area contributed by atoms with Crippen LogP contribution in [0.2, 0.25) is 5.02 Å². The monoisotopic (exact) mass is 431 g/mol. The summed E-state index contributed by atoms with van der Waals surface area (Å²) in [5.41, 5.74) is 3.50. The number of hydrogen-bond donors (Lipinski definition) is 3. The Kier molecular flexibility index (Phi) is 6.35. The number of halogens is 1. The maximum absolute atomic E-state index is 12.2. The summed E-state index contributed by atoms with van der Waals surface area (Å²) in [6.45, 7) is 0. The minimum absolute atomic E-state index is 0.339. The molecular weight excluding hydrogens is 413 g/mol. The highest BCUT2D eigenvalue weighted by atomic mass is 35.5. The number of rotatable bonds is 6. The highest BCUT2D eigenvalue weighted by Gasteiger charge is 2.14. The maximum Gasteiger partial charge on any atom is 0.329 e. The zero-order chi connectivity index (χ0) is 21.0. The number of aromatic nitrogens is 2. The lowest BCUT2D eigenvalue weighted by atomic mass is 10.1. The van der Waals surface area contributed by atoms with Crippen LogP contribution in [-0.4, -0.2) is 25.5 Å². The van der Waals surface area contributed by atoms with Crippen molar-refractivity contribution in [3.63, 3.8) is 0 Å². The van der Waals surface area contributed by atoms with Gasteiger partial charge in [0.2, 0.25) is 5.91 Å². The topological polar surface area (TPSA) is 104 Å². The van der Waals surface area contributed by atoms with E-state index in [-0.39, 0.29) is 12.1 Å². The third-order valence-electron chi connectivity index (χ3n) is 4.09. The Morgan fingerprint density at radius 2 is 1.97 bits per heavy atom. The first-order valence-electron chi connectivity index (χ1n) is 8.62. The number of amides is 1. The number of benzene rings is 2. The first kappa shape index (κ1) is 21.0. The number of nitrogens with zero attached hydrogens (tertiary/aromatic N) is 2. The molecule has 7 nitrogen and oxygen atoms in total. The molecule has 0 saturated carbocycles. The Labute approximate surface area is 172 Å². The number of nitrogens with one attached hydrogen (secondary N) is 1. The molecule has 29 heavy (non-hydrogen) atoms. The molecular formula is C20H19ClN3O4P. The first-order valence-corrected chi connectivity index (χ1v) is 10.8. The molecule has 1 heterocycles. The molecule has 9 heteroatoms. The number of carbonyl (C=O) groups is 1. The van der Waals surface area contributed by atoms with Crippen LogP contribution in [0.15, 0.2) is 60.8 Å². The molecule has 0 aliphatic rings. The van der Waals surface area contributed by atoms with Crippen LogP contribution < -0.4 is 5.32 Å². The molecule has 0 radical (unpaired) electrons. The quantitative estimate of drug-likeness (QED) is 0.403. The summed E-state index contributed by atoms with van der Waals surface area (Å²) in [4.78, 5) is 30.2. The molecule has 1 amide bonds. The summed E-state index contributed by atoms with van der Waals surface area (Å²) in [7, 11) is -2.31. The molecule has 150 valence electrons. The van der Waals surface area contributed by atoms with Crippen LogP contribution in [0.5, 0.6) is 0 Å². The summed E-state index contributed by atoms with van der Waals surface area (Å²) in [6, 6.07) is 13.7. The van der Waals surface area contributed by atoms with E-state index in [9.17, 15) is 9.36 Å². The van der Waals surface area contributed by atoms with E-state index in [4.69, 9.17) is 21.4 Å². The van der Waals surface area contributed by atoms with Crippen LogP contribution in [-0.2, 0) is 22.6 Å². The fourth-order valence-electron chi connectivity index (χ4n) is 2.85. The van der Waals surface area contributed by atoms with Crippen LogP contribution in [0.25, 0.3) is 17.3 Å². The largest absolute Gasteiger partial charge is 0.329 e. The predicted molar refractivity (Wildman–Crippen MR) is 114 cm³/mol. The lowest BCUT2D eigenvalue weighted by Gasteiger charge is -2.06. The SMILES string of the molecule is Cn1ncc(/C=C/C(=O)Nc2ccc(CP(=O)(O)O)cc2)c1-c1cccc(Cl)c1. The van der Waals surface area contributed by atoms with Crippen molar-refractivity contribution in [2.75, 3.05) is 5.32 Å².